The first-order chi connectivity index (χ1) is 5.70. The summed E-state index contributed by atoms with van der Waals surface area (Å²) in [6, 6.07) is 0.536. The van der Waals surface area contributed by atoms with E-state index in [2.05, 4.69) is 33.2 Å². The maximum absolute atomic E-state index is 5.35. The van der Waals surface area contributed by atoms with Gasteiger partial charge in [0, 0.05) is 6.04 Å². The van der Waals surface area contributed by atoms with Crippen molar-refractivity contribution in [2.45, 2.75) is 53.0 Å². The predicted molar refractivity (Wildman–Crippen MR) is 52.9 cm³/mol. The molecule has 0 spiro atoms. The fourth-order valence-corrected chi connectivity index (χ4v) is 1.03. The molecule has 0 saturated heterocycles. The van der Waals surface area contributed by atoms with Crippen molar-refractivity contribution in [3.63, 3.8) is 0 Å². The second-order valence-electron chi connectivity index (χ2n) is 3.72. The van der Waals surface area contributed by atoms with Crippen LogP contribution in [0.2, 0.25) is 0 Å². The van der Waals surface area contributed by atoms with Gasteiger partial charge in [0.05, 0.1) is 6.61 Å². The van der Waals surface area contributed by atoms with E-state index < -0.39 is 0 Å². The molecule has 0 aromatic rings. The molecular formula is C10H23NO. The van der Waals surface area contributed by atoms with Crippen molar-refractivity contribution >= 4 is 0 Å². The second-order valence-corrected chi connectivity index (χ2v) is 3.72. The third-order valence-electron chi connectivity index (χ3n) is 1.80. The fourth-order valence-electron chi connectivity index (χ4n) is 1.03. The van der Waals surface area contributed by atoms with Crippen LogP contribution < -0.4 is 5.48 Å². The van der Waals surface area contributed by atoms with Gasteiger partial charge in [-0.1, -0.05) is 34.1 Å². The summed E-state index contributed by atoms with van der Waals surface area (Å²) in [4.78, 5) is 5.35. The lowest BCUT2D eigenvalue weighted by Crippen LogP contribution is -2.29. The predicted octanol–water partition coefficient (Wildman–Crippen LogP) is 2.74. The Labute approximate surface area is 76.6 Å². The Balaban J connectivity index is 3.31. The number of hydroxylamine groups is 1. The summed E-state index contributed by atoms with van der Waals surface area (Å²) < 4.78 is 0. The zero-order chi connectivity index (χ0) is 9.40. The minimum absolute atomic E-state index is 0.536. The van der Waals surface area contributed by atoms with Crippen molar-refractivity contribution in [2.24, 2.45) is 5.92 Å². The second kappa shape index (κ2) is 7.56. The maximum atomic E-state index is 5.35. The first-order valence-corrected chi connectivity index (χ1v) is 5.08. The average molecular weight is 173 g/mol. The van der Waals surface area contributed by atoms with E-state index >= 15 is 0 Å². The molecule has 0 saturated carbocycles. The van der Waals surface area contributed by atoms with Gasteiger partial charge < -0.3 is 4.84 Å². The molecule has 0 aliphatic heterocycles. The van der Waals surface area contributed by atoms with E-state index in [-0.39, 0.29) is 0 Å². The van der Waals surface area contributed by atoms with Gasteiger partial charge >= 0.3 is 0 Å². The molecule has 0 bridgehead atoms. The molecule has 0 aliphatic carbocycles. The molecule has 0 aliphatic rings. The highest BCUT2D eigenvalue weighted by molar-refractivity contribution is 4.57. The number of hydrogen-bond acceptors (Lipinski definition) is 2. The first kappa shape index (κ1) is 11.9. The quantitative estimate of drug-likeness (QED) is 0.598. The Bertz CT molecular complexity index is 93.8. The molecule has 1 N–H and O–H groups in total. The number of hydrogen-bond donors (Lipinski definition) is 1. The van der Waals surface area contributed by atoms with E-state index in [1.54, 1.807) is 0 Å². The van der Waals surface area contributed by atoms with Crippen molar-refractivity contribution in [3.8, 4) is 0 Å². The Morgan fingerprint density at radius 2 is 1.92 bits per heavy atom. The summed E-state index contributed by atoms with van der Waals surface area (Å²) in [7, 11) is 0. The highest BCUT2D eigenvalue weighted by atomic mass is 16.6. The topological polar surface area (TPSA) is 21.3 Å². The Morgan fingerprint density at radius 1 is 1.25 bits per heavy atom. The molecule has 2 nitrogen and oxygen atoms in total. The highest BCUT2D eigenvalue weighted by Crippen LogP contribution is 2.01. The lowest BCUT2D eigenvalue weighted by Gasteiger charge is -2.16. The minimum Gasteiger partial charge on any atom is -0.301 e. The summed E-state index contributed by atoms with van der Waals surface area (Å²) in [5.74, 6) is 0.608. The van der Waals surface area contributed by atoms with E-state index in [9.17, 15) is 0 Å². The van der Waals surface area contributed by atoms with E-state index in [0.717, 1.165) is 13.0 Å². The molecule has 1 unspecified atom stereocenters. The Hall–Kier alpha value is -0.0800. The SMILES string of the molecule is CCCC(CC)NOCC(C)C. The van der Waals surface area contributed by atoms with Gasteiger partial charge in [0.25, 0.3) is 0 Å². The van der Waals surface area contributed by atoms with Crippen molar-refractivity contribution < 1.29 is 4.84 Å². The van der Waals surface area contributed by atoms with E-state index in [0.29, 0.717) is 12.0 Å². The molecule has 0 amide bonds. The van der Waals surface area contributed by atoms with Gasteiger partial charge in [0.15, 0.2) is 0 Å². The molecule has 0 fully saturated rings. The van der Waals surface area contributed by atoms with Crippen molar-refractivity contribution in [2.75, 3.05) is 6.61 Å². The van der Waals surface area contributed by atoms with Crippen LogP contribution in [0.25, 0.3) is 0 Å². The summed E-state index contributed by atoms with van der Waals surface area (Å²) in [6.07, 6.45) is 3.57. The molecule has 0 radical (unpaired) electrons. The first-order valence-electron chi connectivity index (χ1n) is 5.08. The Morgan fingerprint density at radius 3 is 2.33 bits per heavy atom. The lowest BCUT2D eigenvalue weighted by atomic mass is 10.1. The molecule has 0 rings (SSSR count). The number of nitrogens with one attached hydrogen (secondary N) is 1. The highest BCUT2D eigenvalue weighted by Gasteiger charge is 2.03. The normalized spacial score (nSPS) is 13.8. The molecule has 12 heavy (non-hydrogen) atoms. The molecule has 74 valence electrons. The van der Waals surface area contributed by atoms with Gasteiger partial charge in [-0.3, -0.25) is 0 Å². The van der Waals surface area contributed by atoms with Gasteiger partial charge in [-0.25, -0.2) is 0 Å². The van der Waals surface area contributed by atoms with Crippen LogP contribution in [0.5, 0.6) is 0 Å². The summed E-state index contributed by atoms with van der Waals surface area (Å²) in [6.45, 7) is 9.50. The zero-order valence-electron chi connectivity index (χ0n) is 8.89. The molecule has 0 heterocycles. The monoisotopic (exact) mass is 173 g/mol. The number of rotatable bonds is 7. The van der Waals surface area contributed by atoms with Gasteiger partial charge in [0.1, 0.15) is 0 Å². The summed E-state index contributed by atoms with van der Waals surface area (Å²) in [5.41, 5.74) is 3.10. The zero-order valence-corrected chi connectivity index (χ0v) is 8.89. The van der Waals surface area contributed by atoms with Crippen LogP contribution in [-0.2, 0) is 4.84 Å². The average Bonchev–Trinajstić information content (AvgIpc) is 2.02. The van der Waals surface area contributed by atoms with Crippen LogP contribution >= 0.6 is 0 Å². The molecule has 2 heteroatoms. The van der Waals surface area contributed by atoms with Gasteiger partial charge in [-0.2, -0.15) is 5.48 Å². The fraction of sp³-hybridized carbons (Fsp3) is 1.00. The van der Waals surface area contributed by atoms with Crippen molar-refractivity contribution in [1.29, 1.82) is 0 Å². The smallest absolute Gasteiger partial charge is 0.0705 e. The Kier molecular flexibility index (Phi) is 7.51. The lowest BCUT2D eigenvalue weighted by molar-refractivity contribution is -0.00183. The van der Waals surface area contributed by atoms with Crippen LogP contribution in [0.3, 0.4) is 0 Å². The molecule has 1 atom stereocenters. The molecular weight excluding hydrogens is 150 g/mol. The summed E-state index contributed by atoms with van der Waals surface area (Å²) >= 11 is 0. The summed E-state index contributed by atoms with van der Waals surface area (Å²) in [5, 5.41) is 0. The van der Waals surface area contributed by atoms with Gasteiger partial charge in [0.2, 0.25) is 0 Å². The van der Waals surface area contributed by atoms with Crippen LogP contribution in [0.1, 0.15) is 47.0 Å². The van der Waals surface area contributed by atoms with E-state index in [1.165, 1.54) is 12.8 Å². The largest absolute Gasteiger partial charge is 0.301 e. The van der Waals surface area contributed by atoms with E-state index in [1.807, 2.05) is 0 Å². The van der Waals surface area contributed by atoms with E-state index in [4.69, 9.17) is 4.84 Å². The van der Waals surface area contributed by atoms with Crippen molar-refractivity contribution in [3.05, 3.63) is 0 Å². The maximum Gasteiger partial charge on any atom is 0.0705 e. The standard InChI is InChI=1S/C10H23NO/c1-5-7-10(6-2)11-12-8-9(3)4/h9-11H,5-8H2,1-4H3. The van der Waals surface area contributed by atoms with Crippen LogP contribution in [-0.4, -0.2) is 12.6 Å². The van der Waals surface area contributed by atoms with Crippen molar-refractivity contribution in [1.82, 2.24) is 5.48 Å². The molecule has 0 aromatic carbocycles. The van der Waals surface area contributed by atoms with Crippen LogP contribution in [0.15, 0.2) is 0 Å². The third-order valence-corrected chi connectivity index (χ3v) is 1.80. The van der Waals surface area contributed by atoms with Gasteiger partial charge in [-0.05, 0) is 18.8 Å². The minimum atomic E-state index is 0.536. The molecule has 0 aromatic heterocycles. The van der Waals surface area contributed by atoms with Gasteiger partial charge in [-0.15, -0.1) is 0 Å². The van der Waals surface area contributed by atoms with Crippen LogP contribution in [0, 0.1) is 5.92 Å². The van der Waals surface area contributed by atoms with Crippen LogP contribution in [0.4, 0.5) is 0 Å². The third kappa shape index (κ3) is 6.62.